The van der Waals surface area contributed by atoms with Gasteiger partial charge in [-0.3, -0.25) is 4.99 Å². The number of guanidine groups is 1. The monoisotopic (exact) mass is 364 g/mol. The molecule has 0 saturated heterocycles. The Balaban J connectivity index is 2.64. The first-order valence-corrected chi connectivity index (χ1v) is 9.52. The van der Waals surface area contributed by atoms with Crippen molar-refractivity contribution in [1.82, 2.24) is 15.5 Å². The van der Waals surface area contributed by atoms with E-state index in [9.17, 15) is 0 Å². The van der Waals surface area contributed by atoms with Crippen molar-refractivity contribution in [2.45, 2.75) is 32.7 Å². The molecular formula is C20H36N4O2. The molecular weight excluding hydrogens is 328 g/mol. The Bertz CT molecular complexity index is 520. The average molecular weight is 365 g/mol. The molecule has 0 amide bonds. The van der Waals surface area contributed by atoms with E-state index in [1.165, 1.54) is 5.56 Å². The fourth-order valence-electron chi connectivity index (χ4n) is 2.62. The van der Waals surface area contributed by atoms with Gasteiger partial charge in [-0.05, 0) is 58.5 Å². The maximum Gasteiger partial charge on any atom is 0.191 e. The van der Waals surface area contributed by atoms with Gasteiger partial charge in [0.05, 0.1) is 19.7 Å². The quantitative estimate of drug-likeness (QED) is 0.339. The third-order valence-corrected chi connectivity index (χ3v) is 4.08. The van der Waals surface area contributed by atoms with Gasteiger partial charge in [-0.25, -0.2) is 0 Å². The summed E-state index contributed by atoms with van der Waals surface area (Å²) in [5, 5.41) is 6.72. The van der Waals surface area contributed by atoms with E-state index >= 15 is 0 Å². The summed E-state index contributed by atoms with van der Waals surface area (Å²) < 4.78 is 10.7. The van der Waals surface area contributed by atoms with Crippen LogP contribution in [0.25, 0.3) is 0 Å². The van der Waals surface area contributed by atoms with Crippen LogP contribution in [0.4, 0.5) is 0 Å². The molecule has 0 aliphatic rings. The number of nitrogens with zero attached hydrogens (tertiary/aromatic N) is 2. The highest BCUT2D eigenvalue weighted by atomic mass is 16.5. The van der Waals surface area contributed by atoms with Gasteiger partial charge in [0.15, 0.2) is 5.96 Å². The van der Waals surface area contributed by atoms with E-state index in [2.05, 4.69) is 48.7 Å². The van der Waals surface area contributed by atoms with Crippen LogP contribution in [0.3, 0.4) is 0 Å². The molecule has 0 bridgehead atoms. The lowest BCUT2D eigenvalue weighted by atomic mass is 10.1. The van der Waals surface area contributed by atoms with E-state index < -0.39 is 0 Å². The molecule has 0 heterocycles. The van der Waals surface area contributed by atoms with Crippen molar-refractivity contribution >= 4 is 5.96 Å². The van der Waals surface area contributed by atoms with Gasteiger partial charge in [-0.2, -0.15) is 0 Å². The summed E-state index contributed by atoms with van der Waals surface area (Å²) in [4.78, 5) is 6.97. The minimum atomic E-state index is 0.193. The van der Waals surface area contributed by atoms with Gasteiger partial charge < -0.3 is 25.0 Å². The Hall–Kier alpha value is -1.79. The maximum absolute atomic E-state index is 5.37. The number of hydrogen-bond acceptors (Lipinski definition) is 4. The zero-order valence-corrected chi connectivity index (χ0v) is 17.0. The number of ether oxygens (including phenoxy) is 2. The first kappa shape index (κ1) is 22.3. The molecule has 1 unspecified atom stereocenters. The average Bonchev–Trinajstić information content (AvgIpc) is 2.64. The summed E-state index contributed by atoms with van der Waals surface area (Å²) in [6, 6.07) is 8.38. The van der Waals surface area contributed by atoms with E-state index in [-0.39, 0.29) is 6.04 Å². The van der Waals surface area contributed by atoms with Gasteiger partial charge in [0, 0.05) is 26.3 Å². The summed E-state index contributed by atoms with van der Waals surface area (Å²) >= 11 is 0. The van der Waals surface area contributed by atoms with Crippen LogP contribution in [0.15, 0.2) is 29.3 Å². The van der Waals surface area contributed by atoms with Crippen molar-refractivity contribution in [2.24, 2.45) is 4.99 Å². The molecule has 1 rings (SSSR count). The highest BCUT2D eigenvalue weighted by Crippen LogP contribution is 2.22. The highest BCUT2D eigenvalue weighted by Gasteiger charge is 2.14. The summed E-state index contributed by atoms with van der Waals surface area (Å²) in [6.45, 7) is 8.13. The van der Waals surface area contributed by atoms with Crippen LogP contribution in [0.5, 0.6) is 5.75 Å². The fraction of sp³-hybridized carbons (Fsp3) is 0.650. The number of rotatable bonds is 12. The predicted molar refractivity (Wildman–Crippen MR) is 109 cm³/mol. The number of aliphatic imine (C=N–C) groups is 1. The smallest absolute Gasteiger partial charge is 0.191 e. The van der Waals surface area contributed by atoms with Crippen molar-refractivity contribution in [3.63, 3.8) is 0 Å². The number of nitrogens with one attached hydrogen (secondary N) is 2. The second kappa shape index (κ2) is 13.4. The van der Waals surface area contributed by atoms with Gasteiger partial charge >= 0.3 is 0 Å². The molecule has 1 aromatic carbocycles. The third kappa shape index (κ3) is 8.54. The first-order chi connectivity index (χ1) is 12.6. The molecule has 26 heavy (non-hydrogen) atoms. The summed E-state index contributed by atoms with van der Waals surface area (Å²) in [6.07, 6.45) is 2.13. The minimum Gasteiger partial charge on any atom is -0.497 e. The van der Waals surface area contributed by atoms with Crippen molar-refractivity contribution in [2.75, 3.05) is 54.1 Å². The van der Waals surface area contributed by atoms with Gasteiger partial charge in [0.2, 0.25) is 0 Å². The van der Waals surface area contributed by atoms with E-state index in [0.29, 0.717) is 6.54 Å². The second-order valence-electron chi connectivity index (χ2n) is 6.31. The number of likely N-dealkylation sites (N-methyl/N-ethyl adjacent to an activating group) is 1. The zero-order chi connectivity index (χ0) is 19.2. The largest absolute Gasteiger partial charge is 0.497 e. The number of hydrogen-bond donors (Lipinski definition) is 2. The van der Waals surface area contributed by atoms with Gasteiger partial charge in [0.1, 0.15) is 5.75 Å². The Morgan fingerprint density at radius 3 is 2.65 bits per heavy atom. The maximum atomic E-state index is 5.37. The van der Waals surface area contributed by atoms with Crippen molar-refractivity contribution in [3.05, 3.63) is 29.8 Å². The van der Waals surface area contributed by atoms with Crippen molar-refractivity contribution in [3.8, 4) is 5.75 Å². The van der Waals surface area contributed by atoms with Crippen LogP contribution < -0.4 is 15.4 Å². The molecule has 2 N–H and O–H groups in total. The van der Waals surface area contributed by atoms with Crippen LogP contribution in [0.2, 0.25) is 0 Å². The van der Waals surface area contributed by atoms with Crippen LogP contribution in [0.1, 0.15) is 38.3 Å². The Labute approximate surface area is 159 Å². The first-order valence-electron chi connectivity index (χ1n) is 9.52. The molecule has 0 aromatic heterocycles. The minimum absolute atomic E-state index is 0.193. The van der Waals surface area contributed by atoms with E-state index in [0.717, 1.165) is 50.9 Å². The number of benzene rings is 1. The molecule has 0 aliphatic heterocycles. The van der Waals surface area contributed by atoms with Gasteiger partial charge in [-0.15, -0.1) is 0 Å². The molecule has 1 atom stereocenters. The van der Waals surface area contributed by atoms with Gasteiger partial charge in [0.25, 0.3) is 0 Å². The topological polar surface area (TPSA) is 58.1 Å². The van der Waals surface area contributed by atoms with Gasteiger partial charge in [-0.1, -0.05) is 12.1 Å². The lowest BCUT2D eigenvalue weighted by molar-refractivity contribution is 0.143. The standard InChI is InChI=1S/C20H36N4O2/c1-6-21-20(22-13-8-9-14-26-7-2)23-16-19(24(3)4)17-11-10-12-18(15-17)25-5/h10-12,15,19H,6-9,13-14,16H2,1-5H3,(H2,21,22,23). The predicted octanol–water partition coefficient (Wildman–Crippen LogP) is 2.67. The third-order valence-electron chi connectivity index (χ3n) is 4.08. The SMILES string of the molecule is CCNC(=NCC(c1cccc(OC)c1)N(C)C)NCCCCOCC. The summed E-state index contributed by atoms with van der Waals surface area (Å²) in [5.74, 6) is 1.73. The lowest BCUT2D eigenvalue weighted by Gasteiger charge is -2.24. The summed E-state index contributed by atoms with van der Waals surface area (Å²) in [5.41, 5.74) is 1.20. The molecule has 0 spiro atoms. The fourth-order valence-corrected chi connectivity index (χ4v) is 2.62. The molecule has 0 aliphatic carbocycles. The van der Waals surface area contributed by atoms with Crippen molar-refractivity contribution < 1.29 is 9.47 Å². The molecule has 6 nitrogen and oxygen atoms in total. The van der Waals surface area contributed by atoms with E-state index in [4.69, 9.17) is 14.5 Å². The molecule has 148 valence electrons. The molecule has 0 radical (unpaired) electrons. The van der Waals surface area contributed by atoms with Crippen molar-refractivity contribution in [1.29, 1.82) is 0 Å². The Morgan fingerprint density at radius 2 is 2.00 bits per heavy atom. The highest BCUT2D eigenvalue weighted by molar-refractivity contribution is 5.79. The Morgan fingerprint density at radius 1 is 1.19 bits per heavy atom. The zero-order valence-electron chi connectivity index (χ0n) is 17.0. The molecule has 6 heteroatoms. The number of unbranched alkanes of at least 4 members (excludes halogenated alkanes) is 1. The van der Waals surface area contributed by atoms with E-state index in [1.54, 1.807) is 7.11 Å². The molecule has 1 aromatic rings. The summed E-state index contributed by atoms with van der Waals surface area (Å²) in [7, 11) is 5.85. The second-order valence-corrected chi connectivity index (χ2v) is 6.31. The molecule has 0 saturated carbocycles. The molecule has 0 fully saturated rings. The van der Waals surface area contributed by atoms with Crippen LogP contribution in [-0.2, 0) is 4.74 Å². The van der Waals surface area contributed by atoms with Crippen LogP contribution in [-0.4, -0.2) is 64.9 Å². The lowest BCUT2D eigenvalue weighted by Crippen LogP contribution is -2.38. The van der Waals surface area contributed by atoms with Crippen LogP contribution in [0, 0.1) is 0 Å². The normalized spacial score (nSPS) is 12.9. The van der Waals surface area contributed by atoms with E-state index in [1.807, 2.05) is 19.1 Å². The van der Waals surface area contributed by atoms with Crippen LogP contribution >= 0.6 is 0 Å². The Kier molecular flexibility index (Phi) is 11.5. The number of methoxy groups -OCH3 is 1.